The number of nitrogens with one attached hydrogen (secondary N) is 1. The third kappa shape index (κ3) is 7.44. The Morgan fingerprint density at radius 2 is 1.54 bits per heavy atom. The van der Waals surface area contributed by atoms with Gasteiger partial charge in [0.15, 0.2) is 0 Å². The number of carbonyl (C=O) groups is 2. The number of carbonyl (C=O) groups excluding carboxylic acids is 2. The average Bonchev–Trinajstić information content (AvgIpc) is 2.97. The van der Waals surface area contributed by atoms with Crippen molar-refractivity contribution in [2.75, 3.05) is 31.6 Å². The molecule has 3 aromatic carbocycles. The number of nitrogens with zero attached hydrogens (tertiary/aromatic N) is 2. The van der Waals surface area contributed by atoms with E-state index in [2.05, 4.69) is 5.32 Å². The summed E-state index contributed by atoms with van der Waals surface area (Å²) < 4.78 is 39.7. The van der Waals surface area contributed by atoms with Crippen molar-refractivity contribution < 1.29 is 27.5 Å². The molecule has 0 unspecified atom stereocenters. The smallest absolute Gasteiger partial charge is 0.264 e. The molecule has 3 rings (SSSR count). The van der Waals surface area contributed by atoms with Gasteiger partial charge in [-0.15, -0.1) is 0 Å². The fourth-order valence-electron chi connectivity index (χ4n) is 4.29. The van der Waals surface area contributed by atoms with Crippen molar-refractivity contribution in [2.45, 2.75) is 37.8 Å². The highest BCUT2D eigenvalue weighted by Crippen LogP contribution is 2.33. The number of halogens is 2. The number of sulfonamides is 1. The van der Waals surface area contributed by atoms with Crippen LogP contribution in [-0.4, -0.2) is 58.5 Å². The molecule has 0 saturated heterocycles. The quantitative estimate of drug-likeness (QED) is 0.283. The van der Waals surface area contributed by atoms with Gasteiger partial charge in [-0.25, -0.2) is 8.42 Å². The molecule has 1 N–H and O–H groups in total. The van der Waals surface area contributed by atoms with E-state index in [1.807, 2.05) is 0 Å². The first kappa shape index (κ1) is 32.0. The predicted octanol–water partition coefficient (Wildman–Crippen LogP) is 5.15. The van der Waals surface area contributed by atoms with Crippen LogP contribution in [0.4, 0.5) is 5.69 Å². The second-order valence-corrected chi connectivity index (χ2v) is 11.6. The molecule has 2 amide bonds. The third-order valence-corrected chi connectivity index (χ3v) is 8.89. The normalized spacial score (nSPS) is 11.9. The van der Waals surface area contributed by atoms with E-state index in [0.29, 0.717) is 27.9 Å². The molecule has 0 fully saturated rings. The van der Waals surface area contributed by atoms with E-state index < -0.39 is 28.5 Å². The lowest BCUT2D eigenvalue weighted by molar-refractivity contribution is -0.140. The lowest BCUT2D eigenvalue weighted by Crippen LogP contribution is -2.52. The zero-order valence-corrected chi connectivity index (χ0v) is 25.6. The first-order valence-electron chi connectivity index (χ1n) is 12.9. The highest BCUT2D eigenvalue weighted by molar-refractivity contribution is 7.92. The van der Waals surface area contributed by atoms with Crippen LogP contribution in [0, 0.1) is 0 Å². The molecule has 12 heteroatoms. The van der Waals surface area contributed by atoms with Crippen molar-refractivity contribution in [2.24, 2.45) is 0 Å². The van der Waals surface area contributed by atoms with Crippen molar-refractivity contribution in [3.05, 3.63) is 82.3 Å². The standard InChI is InChI=1S/C29H33Cl2N3O6S/c1-5-25(29(36)32-6-2)33(18-22-23(30)10-9-11-24(22)31)28(35)19-34(26-12-7-8-13-27(26)40-4)41(37,38)21-16-14-20(39-3)15-17-21/h7-17,25H,5-6,18-19H2,1-4H3,(H,32,36)/t25-/m0/s1. The van der Waals surface area contributed by atoms with Crippen molar-refractivity contribution in [1.29, 1.82) is 0 Å². The summed E-state index contributed by atoms with van der Waals surface area (Å²) in [7, 11) is -1.41. The number of hydrogen-bond acceptors (Lipinski definition) is 6. The Bertz CT molecular complexity index is 1450. The lowest BCUT2D eigenvalue weighted by atomic mass is 10.1. The topological polar surface area (TPSA) is 105 Å². The van der Waals surface area contributed by atoms with Gasteiger partial charge in [0.25, 0.3) is 10.0 Å². The monoisotopic (exact) mass is 621 g/mol. The maximum Gasteiger partial charge on any atom is 0.264 e. The van der Waals surface area contributed by atoms with E-state index in [-0.39, 0.29) is 35.2 Å². The highest BCUT2D eigenvalue weighted by atomic mass is 35.5. The zero-order valence-electron chi connectivity index (χ0n) is 23.3. The zero-order chi connectivity index (χ0) is 30.2. The summed E-state index contributed by atoms with van der Waals surface area (Å²) in [5.41, 5.74) is 0.592. The first-order chi connectivity index (χ1) is 19.6. The number of anilines is 1. The van der Waals surface area contributed by atoms with Gasteiger partial charge >= 0.3 is 0 Å². The molecule has 0 radical (unpaired) electrons. The molecule has 0 saturated carbocycles. The molecule has 220 valence electrons. The van der Waals surface area contributed by atoms with Crippen molar-refractivity contribution in [3.8, 4) is 11.5 Å². The van der Waals surface area contributed by atoms with Crippen LogP contribution < -0.4 is 19.1 Å². The van der Waals surface area contributed by atoms with Gasteiger partial charge in [0.05, 0.1) is 24.8 Å². The minimum Gasteiger partial charge on any atom is -0.497 e. The molecule has 0 aromatic heterocycles. The van der Waals surface area contributed by atoms with Crippen molar-refractivity contribution in [1.82, 2.24) is 10.2 Å². The van der Waals surface area contributed by atoms with Crippen LogP contribution in [0.1, 0.15) is 25.8 Å². The summed E-state index contributed by atoms with van der Waals surface area (Å²) in [6.07, 6.45) is 0.263. The van der Waals surface area contributed by atoms with Crippen molar-refractivity contribution >= 4 is 50.7 Å². The summed E-state index contributed by atoms with van der Waals surface area (Å²) in [5, 5.41) is 3.38. The Morgan fingerprint density at radius 1 is 0.902 bits per heavy atom. The number of para-hydroxylation sites is 2. The second-order valence-electron chi connectivity index (χ2n) is 8.90. The SMILES string of the molecule is CCNC(=O)[C@H](CC)N(Cc1c(Cl)cccc1Cl)C(=O)CN(c1ccccc1OC)S(=O)(=O)c1ccc(OC)cc1. The van der Waals surface area contributed by atoms with Crippen LogP contribution in [0.2, 0.25) is 10.0 Å². The summed E-state index contributed by atoms with van der Waals surface area (Å²) in [4.78, 5) is 28.5. The number of hydrogen-bond donors (Lipinski definition) is 1. The number of benzene rings is 3. The Hall–Kier alpha value is -3.47. The number of likely N-dealkylation sites (N-methyl/N-ethyl adjacent to an activating group) is 1. The Labute approximate surface area is 251 Å². The fourth-order valence-corrected chi connectivity index (χ4v) is 6.23. The summed E-state index contributed by atoms with van der Waals surface area (Å²) in [6, 6.07) is 16.3. The van der Waals surface area contributed by atoms with E-state index in [9.17, 15) is 18.0 Å². The Kier molecular flexibility index (Phi) is 11.3. The van der Waals surface area contributed by atoms with Crippen LogP contribution in [0.3, 0.4) is 0 Å². The van der Waals surface area contributed by atoms with E-state index in [1.54, 1.807) is 56.3 Å². The number of ether oxygens (including phenoxy) is 2. The van der Waals surface area contributed by atoms with Crippen LogP contribution in [0.15, 0.2) is 71.6 Å². The van der Waals surface area contributed by atoms with Crippen LogP contribution in [0.5, 0.6) is 11.5 Å². The fraction of sp³-hybridized carbons (Fsp3) is 0.310. The Balaban J connectivity index is 2.14. The third-order valence-electron chi connectivity index (χ3n) is 6.41. The maximum absolute atomic E-state index is 14.1. The molecule has 0 heterocycles. The van der Waals surface area contributed by atoms with Crippen molar-refractivity contribution in [3.63, 3.8) is 0 Å². The molecule has 9 nitrogen and oxygen atoms in total. The molecule has 3 aromatic rings. The molecular formula is C29H33Cl2N3O6S. The molecule has 0 spiro atoms. The summed E-state index contributed by atoms with van der Waals surface area (Å²) in [6.45, 7) is 3.14. The number of amides is 2. The van der Waals surface area contributed by atoms with Gasteiger partial charge < -0.3 is 19.7 Å². The van der Waals surface area contributed by atoms with Gasteiger partial charge in [-0.05, 0) is 61.9 Å². The van der Waals surface area contributed by atoms with Crippen LogP contribution in [-0.2, 0) is 26.2 Å². The van der Waals surface area contributed by atoms with E-state index in [0.717, 1.165) is 4.31 Å². The molecule has 0 aliphatic rings. The van der Waals surface area contributed by atoms with E-state index in [1.165, 1.54) is 43.4 Å². The molecule has 1 atom stereocenters. The minimum absolute atomic E-state index is 0.0616. The largest absolute Gasteiger partial charge is 0.497 e. The van der Waals surface area contributed by atoms with Gasteiger partial charge in [0.2, 0.25) is 11.8 Å². The molecule has 41 heavy (non-hydrogen) atoms. The average molecular weight is 623 g/mol. The second kappa shape index (κ2) is 14.4. The van der Waals surface area contributed by atoms with Gasteiger partial charge in [0.1, 0.15) is 24.1 Å². The number of methoxy groups -OCH3 is 2. The number of rotatable bonds is 13. The van der Waals surface area contributed by atoms with Gasteiger partial charge in [-0.1, -0.05) is 48.3 Å². The maximum atomic E-state index is 14.1. The molecular weight excluding hydrogens is 589 g/mol. The van der Waals surface area contributed by atoms with E-state index >= 15 is 0 Å². The highest BCUT2D eigenvalue weighted by Gasteiger charge is 2.35. The van der Waals surface area contributed by atoms with E-state index in [4.69, 9.17) is 32.7 Å². The Morgan fingerprint density at radius 3 is 2.10 bits per heavy atom. The lowest BCUT2D eigenvalue weighted by Gasteiger charge is -2.33. The van der Waals surface area contributed by atoms with Crippen LogP contribution >= 0.6 is 23.2 Å². The van der Waals surface area contributed by atoms with Gasteiger partial charge in [0, 0.05) is 28.7 Å². The summed E-state index contributed by atoms with van der Waals surface area (Å²) in [5.74, 6) is -0.302. The summed E-state index contributed by atoms with van der Waals surface area (Å²) >= 11 is 12.9. The molecule has 0 aliphatic heterocycles. The van der Waals surface area contributed by atoms with Crippen LogP contribution in [0.25, 0.3) is 0 Å². The van der Waals surface area contributed by atoms with Gasteiger partial charge in [-0.3, -0.25) is 13.9 Å². The minimum atomic E-state index is -4.29. The molecule has 0 aliphatic carbocycles. The first-order valence-corrected chi connectivity index (χ1v) is 15.1. The van der Waals surface area contributed by atoms with Gasteiger partial charge in [-0.2, -0.15) is 0 Å². The predicted molar refractivity (Wildman–Crippen MR) is 160 cm³/mol. The molecule has 0 bridgehead atoms.